The molecule has 2 nitrogen and oxygen atoms in total. The van der Waals surface area contributed by atoms with Gasteiger partial charge in [0.1, 0.15) is 5.82 Å². The van der Waals surface area contributed by atoms with Crippen molar-refractivity contribution in [2.75, 3.05) is 20.6 Å². The quantitative estimate of drug-likeness (QED) is 0.854. The fourth-order valence-electron chi connectivity index (χ4n) is 2.29. The van der Waals surface area contributed by atoms with E-state index in [0.29, 0.717) is 12.0 Å². The van der Waals surface area contributed by atoms with E-state index in [9.17, 15) is 9.50 Å². The van der Waals surface area contributed by atoms with Crippen molar-refractivity contribution in [1.29, 1.82) is 0 Å². The monoisotopic (exact) mass is 239 g/mol. The molecule has 0 aliphatic heterocycles. The fourth-order valence-corrected chi connectivity index (χ4v) is 2.29. The summed E-state index contributed by atoms with van der Waals surface area (Å²) in [7, 11) is 3.94. The van der Waals surface area contributed by atoms with Crippen molar-refractivity contribution in [2.45, 2.75) is 25.9 Å². The third-order valence-electron chi connectivity index (χ3n) is 3.32. The van der Waals surface area contributed by atoms with Crippen LogP contribution in [-0.2, 0) is 5.60 Å². The number of hydrogen-bond donors (Lipinski definition) is 1. The minimum Gasteiger partial charge on any atom is -0.385 e. The molecule has 17 heavy (non-hydrogen) atoms. The first kappa shape index (κ1) is 14.1. The van der Waals surface area contributed by atoms with Gasteiger partial charge in [0.05, 0.1) is 5.60 Å². The molecular formula is C14H22FNO. The molecule has 2 atom stereocenters. The van der Waals surface area contributed by atoms with Gasteiger partial charge in [0.25, 0.3) is 0 Å². The molecule has 0 bridgehead atoms. The molecule has 0 aromatic heterocycles. The molecule has 0 saturated heterocycles. The van der Waals surface area contributed by atoms with E-state index in [4.69, 9.17) is 0 Å². The van der Waals surface area contributed by atoms with Gasteiger partial charge in [-0.05, 0) is 38.2 Å². The van der Waals surface area contributed by atoms with Crippen molar-refractivity contribution in [3.8, 4) is 0 Å². The number of rotatable bonds is 5. The Balaban J connectivity index is 3.02. The third kappa shape index (κ3) is 3.27. The number of hydrogen-bond acceptors (Lipinski definition) is 2. The molecule has 0 amide bonds. The van der Waals surface area contributed by atoms with Crippen LogP contribution in [-0.4, -0.2) is 30.6 Å². The largest absolute Gasteiger partial charge is 0.385 e. The van der Waals surface area contributed by atoms with E-state index in [-0.39, 0.29) is 11.7 Å². The molecule has 0 radical (unpaired) electrons. The summed E-state index contributed by atoms with van der Waals surface area (Å²) < 4.78 is 13.2. The van der Waals surface area contributed by atoms with Crippen molar-refractivity contribution in [3.05, 3.63) is 35.6 Å². The van der Waals surface area contributed by atoms with Crippen LogP contribution in [0.2, 0.25) is 0 Å². The number of aliphatic hydroxyl groups is 1. The van der Waals surface area contributed by atoms with Gasteiger partial charge in [-0.15, -0.1) is 0 Å². The molecule has 0 fully saturated rings. The Morgan fingerprint density at radius 3 is 2.53 bits per heavy atom. The summed E-state index contributed by atoms with van der Waals surface area (Å²) in [5.41, 5.74) is -0.304. The molecule has 1 rings (SSSR count). The van der Waals surface area contributed by atoms with Crippen LogP contribution in [0.5, 0.6) is 0 Å². The first-order chi connectivity index (χ1) is 7.90. The predicted molar refractivity (Wildman–Crippen MR) is 68.3 cm³/mol. The Kier molecular flexibility index (Phi) is 4.66. The second-order valence-electron chi connectivity index (χ2n) is 4.95. The highest BCUT2D eigenvalue weighted by Crippen LogP contribution is 2.33. The summed E-state index contributed by atoms with van der Waals surface area (Å²) in [5.74, 6) is -0.254. The maximum absolute atomic E-state index is 13.2. The Labute approximate surface area is 103 Å². The molecule has 0 spiro atoms. The van der Waals surface area contributed by atoms with E-state index >= 15 is 0 Å². The summed E-state index contributed by atoms with van der Waals surface area (Å²) in [4.78, 5) is 2.03. The van der Waals surface area contributed by atoms with E-state index in [1.807, 2.05) is 32.8 Å². The van der Waals surface area contributed by atoms with Crippen molar-refractivity contribution >= 4 is 0 Å². The zero-order valence-electron chi connectivity index (χ0n) is 11.1. The van der Waals surface area contributed by atoms with E-state index in [1.165, 1.54) is 12.1 Å². The minimum atomic E-state index is -0.966. The van der Waals surface area contributed by atoms with Gasteiger partial charge in [-0.1, -0.05) is 26.0 Å². The standard InChI is InChI=1S/C14H22FNO/c1-5-14(17,11(2)10-16(3)4)12-7-6-8-13(15)9-12/h6-9,11,17H,5,10H2,1-4H3. The summed E-state index contributed by atoms with van der Waals surface area (Å²) in [6.07, 6.45) is 0.575. The second-order valence-corrected chi connectivity index (χ2v) is 4.95. The van der Waals surface area contributed by atoms with Crippen LogP contribution in [0.1, 0.15) is 25.8 Å². The average molecular weight is 239 g/mol. The lowest BCUT2D eigenvalue weighted by Crippen LogP contribution is -2.38. The lowest BCUT2D eigenvalue weighted by molar-refractivity contribution is -0.0294. The highest BCUT2D eigenvalue weighted by Gasteiger charge is 2.34. The average Bonchev–Trinajstić information content (AvgIpc) is 2.27. The maximum Gasteiger partial charge on any atom is 0.123 e. The Bertz CT molecular complexity index is 367. The van der Waals surface area contributed by atoms with Crippen LogP contribution in [0.3, 0.4) is 0 Å². The summed E-state index contributed by atoms with van der Waals surface area (Å²) in [6.45, 7) is 4.69. The number of nitrogens with zero attached hydrogens (tertiary/aromatic N) is 1. The molecule has 0 saturated carbocycles. The normalized spacial score (nSPS) is 16.9. The van der Waals surface area contributed by atoms with Gasteiger partial charge in [-0.2, -0.15) is 0 Å². The first-order valence-electron chi connectivity index (χ1n) is 6.03. The smallest absolute Gasteiger partial charge is 0.123 e. The van der Waals surface area contributed by atoms with E-state index in [0.717, 1.165) is 6.54 Å². The number of halogens is 1. The van der Waals surface area contributed by atoms with E-state index in [2.05, 4.69) is 0 Å². The van der Waals surface area contributed by atoms with Gasteiger partial charge < -0.3 is 10.0 Å². The molecule has 0 heterocycles. The van der Waals surface area contributed by atoms with Gasteiger partial charge in [0.2, 0.25) is 0 Å². The molecule has 0 aliphatic carbocycles. The molecule has 0 aliphatic rings. The van der Waals surface area contributed by atoms with E-state index < -0.39 is 5.60 Å². The van der Waals surface area contributed by atoms with Crippen molar-refractivity contribution < 1.29 is 9.50 Å². The lowest BCUT2D eigenvalue weighted by Gasteiger charge is -2.35. The molecule has 1 aromatic rings. The summed E-state index contributed by atoms with van der Waals surface area (Å²) >= 11 is 0. The van der Waals surface area contributed by atoms with Crippen LogP contribution in [0.4, 0.5) is 4.39 Å². The predicted octanol–water partition coefficient (Wildman–Crippen LogP) is 2.62. The van der Waals surface area contributed by atoms with Gasteiger partial charge in [-0.3, -0.25) is 0 Å². The molecule has 2 unspecified atom stereocenters. The Hall–Kier alpha value is -0.930. The van der Waals surface area contributed by atoms with Crippen LogP contribution in [0.25, 0.3) is 0 Å². The second kappa shape index (κ2) is 5.61. The SMILES string of the molecule is CCC(O)(c1cccc(F)c1)C(C)CN(C)C. The number of benzene rings is 1. The van der Waals surface area contributed by atoms with Crippen LogP contribution >= 0.6 is 0 Å². The van der Waals surface area contributed by atoms with E-state index in [1.54, 1.807) is 12.1 Å². The van der Waals surface area contributed by atoms with Crippen molar-refractivity contribution in [1.82, 2.24) is 4.90 Å². The van der Waals surface area contributed by atoms with Crippen molar-refractivity contribution in [2.24, 2.45) is 5.92 Å². The Morgan fingerprint density at radius 1 is 1.41 bits per heavy atom. The van der Waals surface area contributed by atoms with Crippen LogP contribution in [0, 0.1) is 11.7 Å². The zero-order valence-corrected chi connectivity index (χ0v) is 11.1. The van der Waals surface area contributed by atoms with Crippen LogP contribution < -0.4 is 0 Å². The summed E-state index contributed by atoms with van der Waals surface area (Å²) in [5, 5.41) is 10.7. The summed E-state index contributed by atoms with van der Waals surface area (Å²) in [6, 6.07) is 6.26. The molecular weight excluding hydrogens is 217 g/mol. The molecule has 1 N–H and O–H groups in total. The molecule has 3 heteroatoms. The molecule has 96 valence electrons. The highest BCUT2D eigenvalue weighted by molar-refractivity contribution is 5.24. The van der Waals surface area contributed by atoms with Gasteiger partial charge in [-0.25, -0.2) is 4.39 Å². The highest BCUT2D eigenvalue weighted by atomic mass is 19.1. The Morgan fingerprint density at radius 2 is 2.06 bits per heavy atom. The molecule has 1 aromatic carbocycles. The zero-order chi connectivity index (χ0) is 13.1. The topological polar surface area (TPSA) is 23.5 Å². The first-order valence-corrected chi connectivity index (χ1v) is 6.03. The third-order valence-corrected chi connectivity index (χ3v) is 3.32. The van der Waals surface area contributed by atoms with Crippen molar-refractivity contribution in [3.63, 3.8) is 0 Å². The minimum absolute atomic E-state index is 0.0456. The van der Waals surface area contributed by atoms with Gasteiger partial charge >= 0.3 is 0 Å². The van der Waals surface area contributed by atoms with Gasteiger partial charge in [0.15, 0.2) is 0 Å². The van der Waals surface area contributed by atoms with Gasteiger partial charge in [0, 0.05) is 12.5 Å². The fraction of sp³-hybridized carbons (Fsp3) is 0.571. The maximum atomic E-state index is 13.2. The lowest BCUT2D eigenvalue weighted by atomic mass is 9.80. The van der Waals surface area contributed by atoms with Crippen LogP contribution in [0.15, 0.2) is 24.3 Å².